The average Bonchev–Trinajstić information content (AvgIpc) is 2.72. The first-order valence-electron chi connectivity index (χ1n) is 8.92. The monoisotopic (exact) mass is 384 g/mol. The van der Waals surface area contributed by atoms with E-state index in [1.165, 1.54) is 32.4 Å². The lowest BCUT2D eigenvalue weighted by Crippen LogP contribution is -2.21. The van der Waals surface area contributed by atoms with Crippen molar-refractivity contribution in [2.45, 2.75) is 13.8 Å². The number of methoxy groups -OCH3 is 2. The van der Waals surface area contributed by atoms with Crippen LogP contribution in [0.1, 0.15) is 29.8 Å². The van der Waals surface area contributed by atoms with Gasteiger partial charge in [0, 0.05) is 24.8 Å². The fourth-order valence-electron chi connectivity index (χ4n) is 2.86. The lowest BCUT2D eigenvalue weighted by atomic mass is 10.1. The lowest BCUT2D eigenvalue weighted by Gasteiger charge is -2.20. The predicted molar refractivity (Wildman–Crippen MR) is 110 cm³/mol. The molecule has 0 fully saturated rings. The maximum Gasteiger partial charge on any atom is 0.284 e. The number of nitro benzene ring substituents is 1. The van der Waals surface area contributed by atoms with Gasteiger partial charge < -0.3 is 14.4 Å². The number of anilines is 1. The van der Waals surface area contributed by atoms with Crippen molar-refractivity contribution in [3.63, 3.8) is 0 Å². The molecule has 0 atom stereocenters. The second-order valence-corrected chi connectivity index (χ2v) is 5.94. The number of ether oxygens (including phenoxy) is 2. The topological polar surface area (TPSA) is 81.9 Å². The number of benzene rings is 2. The molecule has 7 heteroatoms. The van der Waals surface area contributed by atoms with Gasteiger partial charge in [0.25, 0.3) is 5.69 Å². The van der Waals surface area contributed by atoms with Crippen LogP contribution in [0.3, 0.4) is 0 Å². The molecule has 0 radical (unpaired) electrons. The van der Waals surface area contributed by atoms with Crippen molar-refractivity contribution in [2.24, 2.45) is 0 Å². The van der Waals surface area contributed by atoms with Crippen LogP contribution in [0.5, 0.6) is 11.5 Å². The highest BCUT2D eigenvalue weighted by Crippen LogP contribution is 2.34. The number of carbonyl (C=O) groups excluding carboxylic acids is 1. The summed E-state index contributed by atoms with van der Waals surface area (Å²) in [6, 6.07) is 10.3. The molecule has 0 saturated heterocycles. The minimum Gasteiger partial charge on any atom is -0.493 e. The minimum absolute atomic E-state index is 0.0568. The van der Waals surface area contributed by atoms with E-state index >= 15 is 0 Å². The van der Waals surface area contributed by atoms with Gasteiger partial charge in [-0.3, -0.25) is 14.9 Å². The standard InChI is InChI=1S/C21H24N2O5/c1-5-22(6-2)16-10-7-15(8-11-16)9-12-19(24)17-13-20(27-3)21(28-4)14-18(17)23(25)26/h7-14H,5-6H2,1-4H3/b12-9+. The first kappa shape index (κ1) is 21.0. The van der Waals surface area contributed by atoms with Crippen molar-refractivity contribution >= 4 is 23.2 Å². The third-order valence-corrected chi connectivity index (χ3v) is 4.41. The molecule has 2 rings (SSSR count). The van der Waals surface area contributed by atoms with Crippen molar-refractivity contribution in [1.82, 2.24) is 0 Å². The van der Waals surface area contributed by atoms with Crippen molar-refractivity contribution in [3.05, 3.63) is 63.7 Å². The molecule has 0 aliphatic carbocycles. The fraction of sp³-hybridized carbons (Fsp3) is 0.286. The Morgan fingerprint density at radius 3 is 2.14 bits per heavy atom. The van der Waals surface area contributed by atoms with E-state index in [1.807, 2.05) is 24.3 Å². The Morgan fingerprint density at radius 2 is 1.64 bits per heavy atom. The molecule has 0 aliphatic heterocycles. The zero-order valence-corrected chi connectivity index (χ0v) is 16.5. The summed E-state index contributed by atoms with van der Waals surface area (Å²) >= 11 is 0. The average molecular weight is 384 g/mol. The summed E-state index contributed by atoms with van der Waals surface area (Å²) in [6.45, 7) is 6.00. The first-order chi connectivity index (χ1) is 13.4. The summed E-state index contributed by atoms with van der Waals surface area (Å²) in [6.07, 6.45) is 2.95. The summed E-state index contributed by atoms with van der Waals surface area (Å²) < 4.78 is 10.2. The summed E-state index contributed by atoms with van der Waals surface area (Å²) in [5.74, 6) is -0.0318. The van der Waals surface area contributed by atoms with Gasteiger partial charge in [0.15, 0.2) is 17.3 Å². The molecule has 0 bridgehead atoms. The third kappa shape index (κ3) is 4.68. The number of hydrogen-bond donors (Lipinski definition) is 0. The number of hydrogen-bond acceptors (Lipinski definition) is 6. The molecular weight excluding hydrogens is 360 g/mol. The Labute approximate surface area is 164 Å². The number of carbonyl (C=O) groups is 1. The molecule has 0 aliphatic rings. The molecule has 148 valence electrons. The van der Waals surface area contributed by atoms with Gasteiger partial charge in [0.1, 0.15) is 5.56 Å². The number of ketones is 1. The number of rotatable bonds is 9. The van der Waals surface area contributed by atoms with E-state index in [-0.39, 0.29) is 22.7 Å². The zero-order chi connectivity index (χ0) is 20.7. The number of nitrogens with zero attached hydrogens (tertiary/aromatic N) is 2. The summed E-state index contributed by atoms with van der Waals surface area (Å²) in [4.78, 5) is 25.5. The molecule has 0 aromatic heterocycles. The van der Waals surface area contributed by atoms with Crippen LogP contribution in [-0.4, -0.2) is 38.0 Å². The molecule has 0 heterocycles. The predicted octanol–water partition coefficient (Wildman–Crippen LogP) is 4.35. The van der Waals surface area contributed by atoms with Crippen molar-refractivity contribution in [3.8, 4) is 11.5 Å². The smallest absolute Gasteiger partial charge is 0.284 e. The maximum absolute atomic E-state index is 12.6. The third-order valence-electron chi connectivity index (χ3n) is 4.41. The molecule has 0 N–H and O–H groups in total. The molecule has 0 spiro atoms. The Morgan fingerprint density at radius 1 is 1.07 bits per heavy atom. The van der Waals surface area contributed by atoms with Gasteiger partial charge in [-0.15, -0.1) is 0 Å². The van der Waals surface area contributed by atoms with Gasteiger partial charge in [-0.1, -0.05) is 18.2 Å². The lowest BCUT2D eigenvalue weighted by molar-refractivity contribution is -0.385. The number of nitro groups is 1. The van der Waals surface area contributed by atoms with E-state index in [1.54, 1.807) is 6.08 Å². The summed E-state index contributed by atoms with van der Waals surface area (Å²) in [5, 5.41) is 11.4. The van der Waals surface area contributed by atoms with E-state index in [0.717, 1.165) is 24.3 Å². The van der Waals surface area contributed by atoms with Gasteiger partial charge in [-0.25, -0.2) is 0 Å². The van der Waals surface area contributed by atoms with Crippen LogP contribution in [0.4, 0.5) is 11.4 Å². The number of allylic oxidation sites excluding steroid dienone is 1. The molecule has 0 saturated carbocycles. The zero-order valence-electron chi connectivity index (χ0n) is 16.5. The molecular formula is C21H24N2O5. The quantitative estimate of drug-likeness (QED) is 0.277. The van der Waals surface area contributed by atoms with Crippen molar-refractivity contribution < 1.29 is 19.2 Å². The van der Waals surface area contributed by atoms with Crippen LogP contribution in [0, 0.1) is 10.1 Å². The van der Waals surface area contributed by atoms with Crippen LogP contribution < -0.4 is 14.4 Å². The Kier molecular flexibility index (Phi) is 7.14. The van der Waals surface area contributed by atoms with Gasteiger partial charge in [-0.2, -0.15) is 0 Å². The van der Waals surface area contributed by atoms with Crippen LogP contribution in [0.25, 0.3) is 6.08 Å². The fourth-order valence-corrected chi connectivity index (χ4v) is 2.86. The SMILES string of the molecule is CCN(CC)c1ccc(/C=C/C(=O)c2cc(OC)c(OC)cc2[N+](=O)[O-])cc1. The second-order valence-electron chi connectivity index (χ2n) is 5.94. The Balaban J connectivity index is 2.30. The Hall–Kier alpha value is -3.35. The van der Waals surface area contributed by atoms with Crippen molar-refractivity contribution in [2.75, 3.05) is 32.2 Å². The van der Waals surface area contributed by atoms with E-state index in [2.05, 4.69) is 18.7 Å². The van der Waals surface area contributed by atoms with E-state index in [4.69, 9.17) is 9.47 Å². The largest absolute Gasteiger partial charge is 0.493 e. The maximum atomic E-state index is 12.6. The normalized spacial score (nSPS) is 10.7. The van der Waals surface area contributed by atoms with E-state index < -0.39 is 10.7 Å². The van der Waals surface area contributed by atoms with E-state index in [9.17, 15) is 14.9 Å². The highest BCUT2D eigenvalue weighted by molar-refractivity contribution is 6.10. The highest BCUT2D eigenvalue weighted by Gasteiger charge is 2.23. The molecule has 0 unspecified atom stereocenters. The van der Waals surface area contributed by atoms with Crippen molar-refractivity contribution in [1.29, 1.82) is 0 Å². The Bertz CT molecular complexity index is 871. The van der Waals surface area contributed by atoms with Crippen LogP contribution in [0.15, 0.2) is 42.5 Å². The molecule has 2 aromatic rings. The summed E-state index contributed by atoms with van der Waals surface area (Å²) in [7, 11) is 2.79. The van der Waals surface area contributed by atoms with Gasteiger partial charge >= 0.3 is 0 Å². The molecule has 2 aromatic carbocycles. The van der Waals surface area contributed by atoms with Gasteiger partial charge in [0.05, 0.1) is 25.2 Å². The molecule has 7 nitrogen and oxygen atoms in total. The minimum atomic E-state index is -0.609. The van der Waals surface area contributed by atoms with Gasteiger partial charge in [0.2, 0.25) is 0 Å². The van der Waals surface area contributed by atoms with Crippen LogP contribution in [0.2, 0.25) is 0 Å². The highest BCUT2D eigenvalue weighted by atomic mass is 16.6. The first-order valence-corrected chi connectivity index (χ1v) is 8.92. The van der Waals surface area contributed by atoms with E-state index in [0.29, 0.717) is 0 Å². The molecule has 0 amide bonds. The van der Waals surface area contributed by atoms with Gasteiger partial charge in [-0.05, 0) is 37.6 Å². The molecule has 28 heavy (non-hydrogen) atoms. The summed E-state index contributed by atoms with van der Waals surface area (Å²) in [5.41, 5.74) is 1.54. The second kappa shape index (κ2) is 9.55. The van der Waals surface area contributed by atoms with Crippen LogP contribution in [-0.2, 0) is 0 Å². The van der Waals surface area contributed by atoms with Crippen LogP contribution >= 0.6 is 0 Å².